The summed E-state index contributed by atoms with van der Waals surface area (Å²) in [6, 6.07) is 23.7. The number of fused-ring (bicyclic) bond motifs is 3. The van der Waals surface area contributed by atoms with Crippen LogP contribution in [0.2, 0.25) is 5.02 Å². The molecule has 1 aliphatic carbocycles. The number of piperidine rings is 1. The largest absolute Gasteiger partial charge is 0.507 e. The standard InChI is InChI=1S/C60H66ClFN12O6/c1-34(2)52(58(77)73-33-42(75)26-49(73)56-66-60(3,80-69-56)38-14-12-36(13-15-38)44-8-4-6-10-47(44)62)54-53(61)57(70-79-54)78-43-20-18-39(19-21-43)71-24-22-35(23-25-71)37-28-64-59(65-29-37)74-40-16-17-41(74)32-72(31-40)50-30-63-55-46(50)27-48(67-68-55)45-9-5-7-11-51(45)76/h4-15,27-30,34-35,39-43,49,52,75-76H,16-26,31-33H2,1-3H3,(H,63,68)(H,66,69)/t39-,40?,41?,42-,43+,49+,52-,60+/m1/s1. The Hall–Kier alpha value is -7.35. The van der Waals surface area contributed by atoms with Crippen molar-refractivity contribution in [3.05, 3.63) is 125 Å². The van der Waals surface area contributed by atoms with Gasteiger partial charge in [-0.3, -0.25) is 4.79 Å². The number of carbonyl (C=O) groups is 1. The minimum absolute atomic E-state index is 0.0939. The lowest BCUT2D eigenvalue weighted by molar-refractivity contribution is -0.134. The fraction of sp³-hybridized carbons (Fsp3) is 0.450. The lowest BCUT2D eigenvalue weighted by Gasteiger charge is -2.42. The second kappa shape index (κ2) is 21.3. The number of hydrogen-bond acceptors (Lipinski definition) is 16. The number of amides is 1. The Labute approximate surface area is 468 Å². The number of oxime groups is 1. The van der Waals surface area contributed by atoms with E-state index in [2.05, 4.69) is 57.9 Å². The number of anilines is 2. The van der Waals surface area contributed by atoms with Crippen LogP contribution in [0, 0.1) is 11.7 Å². The number of aliphatic hydroxyl groups is 1. The molecule has 9 heterocycles. The number of para-hydroxylation sites is 1. The Balaban J connectivity index is 0.587. The second-order valence-corrected chi connectivity index (χ2v) is 23.5. The van der Waals surface area contributed by atoms with Gasteiger partial charge in [-0.1, -0.05) is 85.2 Å². The highest BCUT2D eigenvalue weighted by atomic mass is 35.5. The van der Waals surface area contributed by atoms with E-state index >= 15 is 0 Å². The third-order valence-electron chi connectivity index (χ3n) is 17.8. The molecule has 2 bridgehead atoms. The van der Waals surface area contributed by atoms with Crippen LogP contribution in [-0.2, 0) is 15.4 Å². The van der Waals surface area contributed by atoms with E-state index in [1.54, 1.807) is 35.2 Å². The molecule has 1 saturated carbocycles. The van der Waals surface area contributed by atoms with Gasteiger partial charge in [0.1, 0.15) is 28.6 Å². The second-order valence-electron chi connectivity index (χ2n) is 23.1. The summed E-state index contributed by atoms with van der Waals surface area (Å²) in [4.78, 5) is 43.1. The van der Waals surface area contributed by atoms with Crippen molar-refractivity contribution in [3.8, 4) is 34.0 Å². The Morgan fingerprint density at radius 3 is 2.29 bits per heavy atom. The van der Waals surface area contributed by atoms with Gasteiger partial charge in [-0.2, -0.15) is 0 Å². The van der Waals surface area contributed by atoms with E-state index in [4.69, 9.17) is 35.7 Å². The highest BCUT2D eigenvalue weighted by Crippen LogP contribution is 2.43. The Morgan fingerprint density at radius 2 is 1.57 bits per heavy atom. The van der Waals surface area contributed by atoms with Gasteiger partial charge in [0.2, 0.25) is 17.6 Å². The quantitative estimate of drug-likeness (QED) is 0.0848. The molecule has 5 fully saturated rings. The van der Waals surface area contributed by atoms with E-state index in [0.717, 1.165) is 111 Å². The van der Waals surface area contributed by atoms with Crippen molar-refractivity contribution in [3.63, 3.8) is 0 Å². The van der Waals surface area contributed by atoms with Crippen molar-refractivity contribution in [1.82, 2.24) is 45.4 Å². The van der Waals surface area contributed by atoms with Crippen LogP contribution >= 0.6 is 11.6 Å². The highest BCUT2D eigenvalue weighted by Gasteiger charge is 2.48. The van der Waals surface area contributed by atoms with E-state index in [1.165, 1.54) is 11.6 Å². The number of benzene rings is 3. The summed E-state index contributed by atoms with van der Waals surface area (Å²) in [5, 5.41) is 43.6. The number of nitrogens with zero attached hydrogens (tertiary/aromatic N) is 10. The van der Waals surface area contributed by atoms with Gasteiger partial charge in [0.25, 0.3) is 5.88 Å². The number of hydrogen-bond donors (Lipinski definition) is 4. The molecule has 3 aromatic carbocycles. The van der Waals surface area contributed by atoms with Gasteiger partial charge in [0.15, 0.2) is 17.2 Å². The van der Waals surface area contributed by atoms with Crippen LogP contribution in [0.1, 0.15) is 107 Å². The van der Waals surface area contributed by atoms with Crippen LogP contribution in [0.15, 0.2) is 107 Å². The number of halogens is 2. The van der Waals surface area contributed by atoms with Crippen molar-refractivity contribution in [2.24, 2.45) is 11.1 Å². The lowest BCUT2D eigenvalue weighted by atomic mass is 9.87. The first-order valence-corrected chi connectivity index (χ1v) is 28.7. The normalized spacial score (nSPS) is 25.7. The van der Waals surface area contributed by atoms with E-state index < -0.39 is 23.8 Å². The number of aromatic hydroxyl groups is 1. The van der Waals surface area contributed by atoms with Gasteiger partial charge < -0.3 is 54.2 Å². The number of phenolic OH excluding ortho intramolecular Hbond substituents is 1. The lowest BCUT2D eigenvalue weighted by Crippen LogP contribution is -2.54. The predicted octanol–water partition coefficient (Wildman–Crippen LogP) is 9.50. The molecule has 0 spiro atoms. The number of H-pyrrole nitrogens is 1. The molecule has 5 aliphatic heterocycles. The number of rotatable bonds is 13. The number of phenols is 1. The van der Waals surface area contributed by atoms with Crippen molar-refractivity contribution in [2.75, 3.05) is 42.5 Å². The first kappa shape index (κ1) is 52.0. The number of aromatic amines is 1. The maximum Gasteiger partial charge on any atom is 0.273 e. The summed E-state index contributed by atoms with van der Waals surface area (Å²) >= 11 is 7.02. The number of carbonyl (C=O) groups excluding carboxylic acids is 1. The van der Waals surface area contributed by atoms with Gasteiger partial charge in [-0.25, -0.2) is 14.4 Å². The number of amidine groups is 1. The molecule has 6 atom stereocenters. The molecule has 4 aromatic heterocycles. The number of likely N-dealkylation sites (tertiary alicyclic amines) is 2. The van der Waals surface area contributed by atoms with Gasteiger partial charge in [-0.05, 0) is 117 Å². The van der Waals surface area contributed by atoms with Crippen molar-refractivity contribution in [2.45, 2.75) is 132 Å². The van der Waals surface area contributed by atoms with E-state index in [-0.39, 0.29) is 59.1 Å². The zero-order valence-electron chi connectivity index (χ0n) is 45.1. The Kier molecular flexibility index (Phi) is 13.8. The van der Waals surface area contributed by atoms with E-state index in [1.807, 2.05) is 69.4 Å². The summed E-state index contributed by atoms with van der Waals surface area (Å²) < 4.78 is 26.9. The van der Waals surface area contributed by atoms with Crippen molar-refractivity contribution < 1.29 is 33.5 Å². The zero-order valence-corrected chi connectivity index (χ0v) is 45.8. The summed E-state index contributed by atoms with van der Waals surface area (Å²) in [7, 11) is 0. The average molecular weight is 1110 g/mol. The molecular weight excluding hydrogens is 1040 g/mol. The summed E-state index contributed by atoms with van der Waals surface area (Å²) in [5.74, 6) is 0.649. The predicted molar refractivity (Wildman–Crippen MR) is 301 cm³/mol. The summed E-state index contributed by atoms with van der Waals surface area (Å²) in [6.45, 7) is 9.53. The summed E-state index contributed by atoms with van der Waals surface area (Å²) in [5.41, 5.74) is 5.26. The van der Waals surface area contributed by atoms with Crippen LogP contribution in [0.25, 0.3) is 33.4 Å². The van der Waals surface area contributed by atoms with Crippen molar-refractivity contribution in [1.29, 1.82) is 0 Å². The minimum Gasteiger partial charge on any atom is -0.507 e. The molecule has 18 nitrogen and oxygen atoms in total. The molecule has 0 radical (unpaired) electrons. The zero-order chi connectivity index (χ0) is 54.8. The van der Waals surface area contributed by atoms with Crippen LogP contribution in [0.4, 0.5) is 16.0 Å². The van der Waals surface area contributed by atoms with Crippen LogP contribution in [0.3, 0.4) is 0 Å². The van der Waals surface area contributed by atoms with E-state index in [0.29, 0.717) is 46.7 Å². The van der Waals surface area contributed by atoms with Gasteiger partial charge >= 0.3 is 0 Å². The maximum absolute atomic E-state index is 14.6. The molecule has 4 N–H and O–H groups in total. The molecule has 7 aromatic rings. The van der Waals surface area contributed by atoms with Crippen LogP contribution < -0.4 is 19.9 Å². The van der Waals surface area contributed by atoms with E-state index in [9.17, 15) is 19.4 Å². The average Bonchev–Trinajstić information content (AvgIpc) is 4.33. The maximum atomic E-state index is 14.6. The fourth-order valence-electron chi connectivity index (χ4n) is 13.5. The Morgan fingerprint density at radius 1 is 0.875 bits per heavy atom. The number of ether oxygens (including phenoxy) is 1. The molecule has 2 unspecified atom stereocenters. The SMILES string of the molecule is CC(C)[C@@H](C(=O)N1C[C@H](O)C[C@H]1C1=NO[C@@](C)(c2ccc(-c3ccccc3F)cc2)N1)c1onc(O[C@H]2CC[C@@H](N3CCC(c4cnc(N5C6CCC5CN(c5c[nH]c7nnc(-c8ccccc8O)cc57)C6)nc4)CC3)CC2)c1Cl. The Bertz CT molecular complexity index is 3400. The first-order valence-electron chi connectivity index (χ1n) is 28.3. The fourth-order valence-corrected chi connectivity index (χ4v) is 13.7. The molecule has 6 aliphatic rings. The third-order valence-corrected chi connectivity index (χ3v) is 18.1. The summed E-state index contributed by atoms with van der Waals surface area (Å²) in [6.07, 6.45) is 13.5. The molecule has 80 heavy (non-hydrogen) atoms. The molecular formula is C60H66ClFN12O6. The third kappa shape index (κ3) is 9.73. The number of nitrogens with one attached hydrogen (secondary N) is 2. The molecule has 1 amide bonds. The molecule has 4 saturated heterocycles. The molecule has 416 valence electrons. The van der Waals surface area contributed by atoms with Gasteiger partial charge in [0.05, 0.1) is 23.5 Å². The number of β-amino-alcohol motifs (C(OH)–C–C–N with tert-alkyl or cyclic N) is 1. The van der Waals surface area contributed by atoms with Crippen LogP contribution in [-0.4, -0.2) is 131 Å². The number of piperazine rings is 1. The molecule has 13 rings (SSSR count). The number of aromatic nitrogens is 6. The topological polar surface area (TPSA) is 207 Å². The molecule has 20 heteroatoms. The van der Waals surface area contributed by atoms with Crippen molar-refractivity contribution >= 4 is 46.0 Å². The minimum atomic E-state index is -1.06. The monoisotopic (exact) mass is 1100 g/mol. The van der Waals surface area contributed by atoms with Crippen LogP contribution in [0.5, 0.6) is 11.6 Å². The smallest absolute Gasteiger partial charge is 0.273 e. The van der Waals surface area contributed by atoms with Gasteiger partial charge in [0, 0.05) is 91.8 Å². The highest BCUT2D eigenvalue weighted by molar-refractivity contribution is 6.32. The van der Waals surface area contributed by atoms with Gasteiger partial charge in [-0.15, -0.1) is 10.2 Å². The first-order chi connectivity index (χ1) is 38.9. The number of aliphatic hydroxyl groups excluding tert-OH is 1.